The molecule has 3 unspecified atom stereocenters. The van der Waals surface area contributed by atoms with Crippen LogP contribution in [0.1, 0.15) is 60.3 Å². The Hall–Kier alpha value is -1.45. The van der Waals surface area contributed by atoms with E-state index in [0.29, 0.717) is 5.92 Å². The first kappa shape index (κ1) is 20.6. The number of rotatable bonds is 4. The first-order chi connectivity index (χ1) is 10.4. The average molecular weight is 309 g/mol. The molecule has 2 rings (SSSR count). The van der Waals surface area contributed by atoms with Crippen molar-refractivity contribution in [2.75, 3.05) is 0 Å². The maximum absolute atomic E-state index is 11.9. The summed E-state index contributed by atoms with van der Waals surface area (Å²) in [5, 5.41) is 2.92. The highest BCUT2D eigenvalue weighted by atomic mass is 16.2. The molecule has 4 heteroatoms. The highest BCUT2D eigenvalue weighted by Gasteiger charge is 2.54. The predicted octanol–water partition coefficient (Wildman–Crippen LogP) is 3.30. The SMILES string of the molecule is C=O.CC.CC(=O)C(C)[C@@H]1NC(=O)C1(C)CC1C=CCCC1. The van der Waals surface area contributed by atoms with Gasteiger partial charge in [-0.2, -0.15) is 0 Å². The molecular weight excluding hydrogens is 278 g/mol. The summed E-state index contributed by atoms with van der Waals surface area (Å²) in [4.78, 5) is 31.4. The van der Waals surface area contributed by atoms with E-state index in [1.54, 1.807) is 6.92 Å². The maximum atomic E-state index is 11.9. The van der Waals surface area contributed by atoms with Crippen molar-refractivity contribution in [2.24, 2.45) is 17.3 Å². The standard InChI is InChI=1S/C15H23NO2.C2H6.CH2O/c1-10(11(2)17)13-15(3,14(18)16-13)9-12-7-5-4-6-8-12;2*1-2/h5,7,10,12-13H,4,6,8-9H2,1-3H3,(H,16,18);1-2H3;1H2/t10?,12?,13-,15?;;/m0../s1. The first-order valence-corrected chi connectivity index (χ1v) is 8.22. The van der Waals surface area contributed by atoms with Crippen LogP contribution in [0.3, 0.4) is 0 Å². The van der Waals surface area contributed by atoms with Gasteiger partial charge in [-0.15, -0.1) is 0 Å². The van der Waals surface area contributed by atoms with Crippen LogP contribution in [-0.2, 0) is 14.4 Å². The molecule has 0 bridgehead atoms. The van der Waals surface area contributed by atoms with Gasteiger partial charge >= 0.3 is 0 Å². The smallest absolute Gasteiger partial charge is 0.228 e. The van der Waals surface area contributed by atoms with Gasteiger partial charge in [-0.1, -0.05) is 32.9 Å². The minimum absolute atomic E-state index is 0.0119. The Balaban J connectivity index is 0.00000102. The van der Waals surface area contributed by atoms with Crippen LogP contribution in [0.4, 0.5) is 0 Å². The van der Waals surface area contributed by atoms with E-state index < -0.39 is 0 Å². The summed E-state index contributed by atoms with van der Waals surface area (Å²) in [7, 11) is 0. The summed E-state index contributed by atoms with van der Waals surface area (Å²) < 4.78 is 0. The topological polar surface area (TPSA) is 63.2 Å². The number of nitrogens with one attached hydrogen (secondary N) is 1. The van der Waals surface area contributed by atoms with Crippen molar-refractivity contribution in [1.29, 1.82) is 0 Å². The van der Waals surface area contributed by atoms with Gasteiger partial charge in [0.05, 0.1) is 11.5 Å². The molecular formula is C18H31NO3. The number of hydrogen-bond acceptors (Lipinski definition) is 3. The molecule has 1 aliphatic carbocycles. The van der Waals surface area contributed by atoms with Crippen molar-refractivity contribution < 1.29 is 14.4 Å². The predicted molar refractivity (Wildman–Crippen MR) is 89.4 cm³/mol. The van der Waals surface area contributed by atoms with Crippen LogP contribution >= 0.6 is 0 Å². The van der Waals surface area contributed by atoms with E-state index in [9.17, 15) is 9.59 Å². The van der Waals surface area contributed by atoms with Crippen LogP contribution in [0.25, 0.3) is 0 Å². The molecule has 22 heavy (non-hydrogen) atoms. The highest BCUT2D eigenvalue weighted by molar-refractivity contribution is 5.92. The van der Waals surface area contributed by atoms with Crippen molar-refractivity contribution in [2.45, 2.75) is 66.3 Å². The van der Waals surface area contributed by atoms with Crippen LogP contribution in [0.2, 0.25) is 0 Å². The lowest BCUT2D eigenvalue weighted by molar-refractivity contribution is -0.150. The molecule has 1 aliphatic heterocycles. The summed E-state index contributed by atoms with van der Waals surface area (Å²) in [6.07, 6.45) is 8.88. The Morgan fingerprint density at radius 2 is 2.05 bits per heavy atom. The Labute approximate surface area is 134 Å². The molecule has 2 aliphatic rings. The number of amides is 1. The minimum atomic E-state index is -0.364. The third kappa shape index (κ3) is 4.52. The van der Waals surface area contributed by atoms with E-state index >= 15 is 0 Å². The van der Waals surface area contributed by atoms with Gasteiger partial charge in [0.2, 0.25) is 5.91 Å². The van der Waals surface area contributed by atoms with Gasteiger partial charge in [-0.25, -0.2) is 0 Å². The van der Waals surface area contributed by atoms with Crippen molar-refractivity contribution >= 4 is 18.5 Å². The number of carbonyl (C=O) groups excluding carboxylic acids is 3. The lowest BCUT2D eigenvalue weighted by Crippen LogP contribution is -2.69. The molecule has 0 spiro atoms. The van der Waals surface area contributed by atoms with Gasteiger partial charge in [0, 0.05) is 5.92 Å². The van der Waals surface area contributed by atoms with Gasteiger partial charge in [0.1, 0.15) is 12.6 Å². The zero-order valence-electron chi connectivity index (χ0n) is 14.6. The Kier molecular flexibility index (Phi) is 8.91. The van der Waals surface area contributed by atoms with E-state index in [-0.39, 0.29) is 29.1 Å². The second kappa shape index (κ2) is 9.54. The lowest BCUT2D eigenvalue weighted by Gasteiger charge is -2.50. The number of hydrogen-bond donors (Lipinski definition) is 1. The van der Waals surface area contributed by atoms with Crippen molar-refractivity contribution in [3.63, 3.8) is 0 Å². The second-order valence-electron chi connectivity index (χ2n) is 6.09. The number of carbonyl (C=O) groups is 3. The Morgan fingerprint density at radius 1 is 1.45 bits per heavy atom. The summed E-state index contributed by atoms with van der Waals surface area (Å²) >= 11 is 0. The van der Waals surface area contributed by atoms with Gasteiger partial charge in [0.25, 0.3) is 0 Å². The summed E-state index contributed by atoms with van der Waals surface area (Å²) in [5.74, 6) is 0.682. The third-order valence-electron chi connectivity index (χ3n) is 4.67. The number of allylic oxidation sites excluding steroid dienone is 2. The normalized spacial score (nSPS) is 30.5. The first-order valence-electron chi connectivity index (χ1n) is 8.22. The van der Waals surface area contributed by atoms with Crippen molar-refractivity contribution in [1.82, 2.24) is 5.32 Å². The average Bonchev–Trinajstić information content (AvgIpc) is 2.56. The Morgan fingerprint density at radius 3 is 2.45 bits per heavy atom. The molecule has 0 radical (unpaired) electrons. The second-order valence-corrected chi connectivity index (χ2v) is 6.09. The zero-order valence-corrected chi connectivity index (χ0v) is 14.6. The molecule has 1 N–H and O–H groups in total. The molecule has 4 atom stereocenters. The summed E-state index contributed by atoms with van der Waals surface area (Å²) in [5.41, 5.74) is -0.364. The number of ketones is 1. The Bertz CT molecular complexity index is 405. The fraction of sp³-hybridized carbons (Fsp3) is 0.722. The molecule has 0 aromatic heterocycles. The summed E-state index contributed by atoms with van der Waals surface area (Å²) in [6, 6.07) is 0.0119. The molecule has 0 saturated carbocycles. The van der Waals surface area contributed by atoms with E-state index in [1.807, 2.05) is 34.5 Å². The van der Waals surface area contributed by atoms with Gasteiger partial charge in [0.15, 0.2) is 0 Å². The van der Waals surface area contributed by atoms with Crippen LogP contribution < -0.4 is 5.32 Å². The molecule has 1 heterocycles. The molecule has 4 nitrogen and oxygen atoms in total. The van der Waals surface area contributed by atoms with Crippen LogP contribution in [0, 0.1) is 17.3 Å². The van der Waals surface area contributed by atoms with Gasteiger partial charge in [-0.05, 0) is 45.4 Å². The molecule has 1 saturated heterocycles. The molecule has 1 fully saturated rings. The van der Waals surface area contributed by atoms with Crippen molar-refractivity contribution in [3.05, 3.63) is 12.2 Å². The fourth-order valence-corrected chi connectivity index (χ4v) is 3.26. The number of Topliss-reactive ketones (excluding diaryl/α,β-unsaturated/α-hetero) is 1. The molecule has 0 aromatic rings. The van der Waals surface area contributed by atoms with Gasteiger partial charge in [-0.3, -0.25) is 9.59 Å². The zero-order chi connectivity index (χ0) is 17.3. The van der Waals surface area contributed by atoms with E-state index in [1.165, 1.54) is 12.8 Å². The van der Waals surface area contributed by atoms with Crippen LogP contribution in [0.15, 0.2) is 12.2 Å². The van der Waals surface area contributed by atoms with Crippen molar-refractivity contribution in [3.8, 4) is 0 Å². The third-order valence-corrected chi connectivity index (χ3v) is 4.67. The van der Waals surface area contributed by atoms with E-state index in [4.69, 9.17) is 4.79 Å². The molecule has 1 amide bonds. The molecule has 126 valence electrons. The van der Waals surface area contributed by atoms with E-state index in [2.05, 4.69) is 17.5 Å². The minimum Gasteiger partial charge on any atom is -0.351 e. The van der Waals surface area contributed by atoms with E-state index in [0.717, 1.165) is 12.8 Å². The monoisotopic (exact) mass is 309 g/mol. The van der Waals surface area contributed by atoms with Gasteiger partial charge < -0.3 is 10.1 Å². The van der Waals surface area contributed by atoms with Crippen LogP contribution in [-0.4, -0.2) is 24.5 Å². The number of β-lactam (4-membered cyclic amide) rings is 1. The lowest BCUT2D eigenvalue weighted by atomic mass is 9.63. The fourth-order valence-electron chi connectivity index (χ4n) is 3.26. The molecule has 0 aromatic carbocycles. The highest BCUT2D eigenvalue weighted by Crippen LogP contribution is 2.42. The largest absolute Gasteiger partial charge is 0.351 e. The quantitative estimate of drug-likeness (QED) is 0.640. The maximum Gasteiger partial charge on any atom is 0.228 e. The summed E-state index contributed by atoms with van der Waals surface area (Å²) in [6.45, 7) is 11.5. The van der Waals surface area contributed by atoms with Crippen LogP contribution in [0.5, 0.6) is 0 Å².